The molecule has 1 aromatic carbocycles. The fourth-order valence-electron chi connectivity index (χ4n) is 2.91. The van der Waals surface area contributed by atoms with Crippen molar-refractivity contribution in [2.24, 2.45) is 11.8 Å². The van der Waals surface area contributed by atoms with Gasteiger partial charge in [0.1, 0.15) is 6.04 Å². The Hall–Kier alpha value is -2.37. The number of amides is 2. The van der Waals surface area contributed by atoms with E-state index in [0.29, 0.717) is 19.3 Å². The number of hydrogen-bond donors (Lipinski definition) is 3. The molecule has 0 saturated carbocycles. The molecule has 1 aliphatic heterocycles. The van der Waals surface area contributed by atoms with E-state index in [1.54, 1.807) is 0 Å². The van der Waals surface area contributed by atoms with Crippen LogP contribution in [0.2, 0.25) is 0 Å². The summed E-state index contributed by atoms with van der Waals surface area (Å²) in [6.07, 6.45) is 1.53. The molecular formula is C18H24N2O4. The summed E-state index contributed by atoms with van der Waals surface area (Å²) in [5.74, 6) is -1.53. The van der Waals surface area contributed by atoms with E-state index in [1.165, 1.54) is 0 Å². The number of fused-ring (bicyclic) bond motifs is 1. The third-order valence-electron chi connectivity index (χ3n) is 4.17. The molecular weight excluding hydrogens is 308 g/mol. The maximum absolute atomic E-state index is 12.1. The third-order valence-corrected chi connectivity index (χ3v) is 4.17. The topological polar surface area (TPSA) is 95.5 Å². The largest absolute Gasteiger partial charge is 0.480 e. The van der Waals surface area contributed by atoms with Gasteiger partial charge in [-0.2, -0.15) is 0 Å². The normalized spacial score (nSPS) is 17.8. The van der Waals surface area contributed by atoms with Crippen molar-refractivity contribution in [3.8, 4) is 0 Å². The predicted octanol–water partition coefficient (Wildman–Crippen LogP) is 2.19. The van der Waals surface area contributed by atoms with Crippen molar-refractivity contribution < 1.29 is 19.5 Å². The molecule has 2 amide bonds. The second-order valence-corrected chi connectivity index (χ2v) is 6.67. The molecule has 1 unspecified atom stereocenters. The first kappa shape index (κ1) is 18.0. The molecule has 1 aromatic rings. The Morgan fingerprint density at radius 3 is 2.71 bits per heavy atom. The molecule has 6 nitrogen and oxygen atoms in total. The van der Waals surface area contributed by atoms with Gasteiger partial charge in [0.25, 0.3) is 0 Å². The second kappa shape index (κ2) is 7.95. The van der Waals surface area contributed by atoms with Gasteiger partial charge in [0, 0.05) is 18.0 Å². The Kier molecular flexibility index (Phi) is 5.95. The summed E-state index contributed by atoms with van der Waals surface area (Å²) in [5, 5.41) is 14.6. The maximum Gasteiger partial charge on any atom is 0.326 e. The monoisotopic (exact) mass is 332 g/mol. The minimum absolute atomic E-state index is 0.0848. The fraction of sp³-hybridized carbons (Fsp3) is 0.500. The van der Waals surface area contributed by atoms with Crippen LogP contribution in [0.5, 0.6) is 0 Å². The first-order chi connectivity index (χ1) is 11.4. The fourth-order valence-corrected chi connectivity index (χ4v) is 2.91. The molecule has 0 radical (unpaired) electrons. The zero-order chi connectivity index (χ0) is 17.7. The maximum atomic E-state index is 12.1. The minimum Gasteiger partial charge on any atom is -0.480 e. The van der Waals surface area contributed by atoms with Crippen molar-refractivity contribution >= 4 is 23.5 Å². The van der Waals surface area contributed by atoms with Gasteiger partial charge < -0.3 is 15.7 Å². The molecule has 0 aliphatic carbocycles. The lowest BCUT2D eigenvalue weighted by Crippen LogP contribution is -2.42. The standard InChI is InChI=1S/C18H24N2O4/c1-11(2)9-15(18(23)24)19-16(21)8-7-13-10-12-5-3-4-6-14(12)20-17(13)22/h3-6,11,13,15H,7-10H2,1-2H3,(H,19,21)(H,20,22)(H,23,24)/t13?,15-/m1/s1. The SMILES string of the molecule is CC(C)C[C@@H](NC(=O)CCC1Cc2ccccc2NC1=O)C(=O)O. The highest BCUT2D eigenvalue weighted by Crippen LogP contribution is 2.27. The lowest BCUT2D eigenvalue weighted by Gasteiger charge is -2.24. The average molecular weight is 332 g/mol. The number of benzene rings is 1. The van der Waals surface area contributed by atoms with E-state index >= 15 is 0 Å². The number of aliphatic carboxylic acids is 1. The van der Waals surface area contributed by atoms with Gasteiger partial charge in [-0.1, -0.05) is 32.0 Å². The lowest BCUT2D eigenvalue weighted by molar-refractivity contribution is -0.142. The second-order valence-electron chi connectivity index (χ2n) is 6.67. The van der Waals surface area contributed by atoms with Crippen LogP contribution < -0.4 is 10.6 Å². The van der Waals surface area contributed by atoms with E-state index in [9.17, 15) is 14.4 Å². The zero-order valence-electron chi connectivity index (χ0n) is 14.0. The van der Waals surface area contributed by atoms with Crippen LogP contribution in [0.15, 0.2) is 24.3 Å². The van der Waals surface area contributed by atoms with Crippen LogP contribution in [0.1, 0.15) is 38.7 Å². The van der Waals surface area contributed by atoms with Gasteiger partial charge in [0.2, 0.25) is 11.8 Å². The van der Waals surface area contributed by atoms with Crippen molar-refractivity contribution in [2.75, 3.05) is 5.32 Å². The highest BCUT2D eigenvalue weighted by atomic mass is 16.4. The molecule has 0 spiro atoms. The molecule has 0 saturated heterocycles. The van der Waals surface area contributed by atoms with E-state index in [4.69, 9.17) is 5.11 Å². The minimum atomic E-state index is -1.03. The zero-order valence-corrected chi connectivity index (χ0v) is 14.0. The molecule has 6 heteroatoms. The van der Waals surface area contributed by atoms with E-state index in [2.05, 4.69) is 10.6 Å². The first-order valence-electron chi connectivity index (χ1n) is 8.27. The summed E-state index contributed by atoms with van der Waals surface area (Å²) in [6, 6.07) is 6.74. The van der Waals surface area contributed by atoms with Gasteiger partial charge in [0.05, 0.1) is 0 Å². The first-order valence-corrected chi connectivity index (χ1v) is 8.27. The highest BCUT2D eigenvalue weighted by molar-refractivity contribution is 5.96. The quantitative estimate of drug-likeness (QED) is 0.713. The van der Waals surface area contributed by atoms with Crippen LogP contribution in [0.3, 0.4) is 0 Å². The number of hydrogen-bond acceptors (Lipinski definition) is 3. The number of nitrogens with one attached hydrogen (secondary N) is 2. The molecule has 0 aromatic heterocycles. The van der Waals surface area contributed by atoms with Gasteiger partial charge in [-0.15, -0.1) is 0 Å². The predicted molar refractivity (Wildman–Crippen MR) is 90.5 cm³/mol. The molecule has 3 N–H and O–H groups in total. The van der Waals surface area contributed by atoms with Crippen LogP contribution in [0.25, 0.3) is 0 Å². The average Bonchev–Trinajstić information content (AvgIpc) is 2.51. The lowest BCUT2D eigenvalue weighted by atomic mass is 9.89. The molecule has 2 atom stereocenters. The number of carbonyl (C=O) groups excluding carboxylic acids is 2. The Bertz CT molecular complexity index is 627. The van der Waals surface area contributed by atoms with E-state index in [1.807, 2.05) is 38.1 Å². The molecule has 1 heterocycles. The number of para-hydroxylation sites is 1. The van der Waals surface area contributed by atoms with Gasteiger partial charge >= 0.3 is 5.97 Å². The number of carboxylic acid groups (broad SMARTS) is 1. The van der Waals surface area contributed by atoms with Crippen LogP contribution in [0.4, 0.5) is 5.69 Å². The van der Waals surface area contributed by atoms with E-state index < -0.39 is 12.0 Å². The van der Waals surface area contributed by atoms with Gasteiger partial charge in [-0.25, -0.2) is 4.79 Å². The molecule has 2 rings (SSSR count). The molecule has 24 heavy (non-hydrogen) atoms. The van der Waals surface area contributed by atoms with Gasteiger partial charge in [-0.05, 0) is 36.8 Å². The Morgan fingerprint density at radius 2 is 2.04 bits per heavy atom. The van der Waals surface area contributed by atoms with E-state index in [0.717, 1.165) is 11.3 Å². The summed E-state index contributed by atoms with van der Waals surface area (Å²) >= 11 is 0. The van der Waals surface area contributed by atoms with Crippen molar-refractivity contribution in [3.63, 3.8) is 0 Å². The molecule has 130 valence electrons. The van der Waals surface area contributed by atoms with Crippen molar-refractivity contribution in [2.45, 2.75) is 45.6 Å². The summed E-state index contributed by atoms with van der Waals surface area (Å²) in [5.41, 5.74) is 1.89. The van der Waals surface area contributed by atoms with Crippen LogP contribution in [0, 0.1) is 11.8 Å². The van der Waals surface area contributed by atoms with Gasteiger partial charge in [-0.3, -0.25) is 9.59 Å². The van der Waals surface area contributed by atoms with Crippen molar-refractivity contribution in [1.29, 1.82) is 0 Å². The Labute approximate surface area is 141 Å². The highest BCUT2D eigenvalue weighted by Gasteiger charge is 2.27. The van der Waals surface area contributed by atoms with E-state index in [-0.39, 0.29) is 30.1 Å². The molecule has 0 bridgehead atoms. The molecule has 1 aliphatic rings. The third kappa shape index (κ3) is 4.81. The number of carboxylic acids is 1. The van der Waals surface area contributed by atoms with Crippen LogP contribution in [-0.2, 0) is 20.8 Å². The van der Waals surface area contributed by atoms with Crippen molar-refractivity contribution in [3.05, 3.63) is 29.8 Å². The van der Waals surface area contributed by atoms with Crippen molar-refractivity contribution in [1.82, 2.24) is 5.32 Å². The molecule has 0 fully saturated rings. The van der Waals surface area contributed by atoms with Crippen LogP contribution in [-0.4, -0.2) is 28.9 Å². The smallest absolute Gasteiger partial charge is 0.326 e. The Morgan fingerprint density at radius 1 is 1.33 bits per heavy atom. The number of carbonyl (C=O) groups is 3. The Balaban J connectivity index is 1.87. The van der Waals surface area contributed by atoms with Gasteiger partial charge in [0.15, 0.2) is 0 Å². The van der Waals surface area contributed by atoms with Crippen LogP contribution >= 0.6 is 0 Å². The summed E-state index contributed by atoms with van der Waals surface area (Å²) < 4.78 is 0. The summed E-state index contributed by atoms with van der Waals surface area (Å²) in [6.45, 7) is 3.82. The number of rotatable bonds is 7. The number of anilines is 1. The summed E-state index contributed by atoms with van der Waals surface area (Å²) in [7, 11) is 0. The summed E-state index contributed by atoms with van der Waals surface area (Å²) in [4.78, 5) is 35.3.